The first-order chi connectivity index (χ1) is 6.69. The first-order valence-electron chi connectivity index (χ1n) is 4.03. The number of nitrogens with zero attached hydrogens (tertiary/aromatic N) is 2. The monoisotopic (exact) mass is 200 g/mol. The number of ether oxygens (including phenoxy) is 1. The lowest BCUT2D eigenvalue weighted by Gasteiger charge is -2.13. The van der Waals surface area contributed by atoms with Gasteiger partial charge in [-0.15, -0.1) is 10.2 Å². The van der Waals surface area contributed by atoms with Crippen LogP contribution in [-0.2, 0) is 0 Å². The smallest absolute Gasteiger partial charge is 0.233 e. The van der Waals surface area contributed by atoms with Gasteiger partial charge in [0, 0.05) is 6.07 Å². The Bertz CT molecular complexity index is 277. The second kappa shape index (κ2) is 4.85. The maximum absolute atomic E-state index is 9.40. The molecule has 0 spiro atoms. The van der Waals surface area contributed by atoms with Gasteiger partial charge >= 0.3 is 0 Å². The van der Waals surface area contributed by atoms with Crippen molar-refractivity contribution in [2.75, 3.05) is 13.7 Å². The van der Waals surface area contributed by atoms with Crippen molar-refractivity contribution in [2.45, 2.75) is 12.2 Å². The van der Waals surface area contributed by atoms with E-state index >= 15 is 0 Å². The molecule has 0 aromatic carbocycles. The fourth-order valence-corrected chi connectivity index (χ4v) is 0.894. The summed E-state index contributed by atoms with van der Waals surface area (Å²) in [6.07, 6.45) is -2.49. The van der Waals surface area contributed by atoms with E-state index in [4.69, 9.17) is 14.9 Å². The van der Waals surface area contributed by atoms with Crippen molar-refractivity contribution in [3.8, 4) is 5.88 Å². The Kier molecular flexibility index (Phi) is 3.75. The fourth-order valence-electron chi connectivity index (χ4n) is 0.894. The molecule has 6 heteroatoms. The zero-order chi connectivity index (χ0) is 10.6. The molecule has 0 aliphatic carbocycles. The number of rotatable bonds is 4. The average Bonchev–Trinajstić information content (AvgIpc) is 2.27. The molecule has 1 heterocycles. The van der Waals surface area contributed by atoms with E-state index in [1.54, 1.807) is 0 Å². The molecule has 78 valence electrons. The maximum Gasteiger partial charge on any atom is 0.233 e. The molecule has 0 bridgehead atoms. The van der Waals surface area contributed by atoms with Crippen molar-refractivity contribution in [1.29, 1.82) is 0 Å². The molecular weight excluding hydrogens is 188 g/mol. The Morgan fingerprint density at radius 1 is 1.36 bits per heavy atom. The van der Waals surface area contributed by atoms with Gasteiger partial charge in [-0.3, -0.25) is 0 Å². The van der Waals surface area contributed by atoms with Crippen LogP contribution < -0.4 is 4.74 Å². The van der Waals surface area contributed by atoms with Gasteiger partial charge in [0.2, 0.25) is 5.88 Å². The highest BCUT2D eigenvalue weighted by Crippen LogP contribution is 2.14. The minimum absolute atomic E-state index is 0.187. The molecule has 0 aliphatic heterocycles. The van der Waals surface area contributed by atoms with Gasteiger partial charge in [0.25, 0.3) is 0 Å². The SMILES string of the molecule is COc1ccc(C(O)C(O)CO)nn1. The van der Waals surface area contributed by atoms with Crippen LogP contribution in [0.3, 0.4) is 0 Å². The second-order valence-electron chi connectivity index (χ2n) is 2.70. The van der Waals surface area contributed by atoms with Crippen LogP contribution in [0.15, 0.2) is 12.1 Å². The molecule has 0 saturated carbocycles. The molecule has 3 N–H and O–H groups in total. The average molecular weight is 200 g/mol. The fraction of sp³-hybridized carbons (Fsp3) is 0.500. The summed E-state index contributed by atoms with van der Waals surface area (Å²) in [6, 6.07) is 2.98. The van der Waals surface area contributed by atoms with E-state index in [1.807, 2.05) is 0 Å². The van der Waals surface area contributed by atoms with Crippen LogP contribution in [0.25, 0.3) is 0 Å². The minimum atomic E-state index is -1.25. The van der Waals surface area contributed by atoms with Gasteiger partial charge in [-0.1, -0.05) is 0 Å². The highest BCUT2D eigenvalue weighted by molar-refractivity contribution is 5.13. The molecule has 0 saturated heterocycles. The zero-order valence-electron chi connectivity index (χ0n) is 7.66. The van der Waals surface area contributed by atoms with Crippen molar-refractivity contribution in [1.82, 2.24) is 10.2 Å². The lowest BCUT2D eigenvalue weighted by atomic mass is 10.1. The third kappa shape index (κ3) is 2.38. The number of hydrogen-bond donors (Lipinski definition) is 3. The number of methoxy groups -OCH3 is 1. The Balaban J connectivity index is 2.75. The van der Waals surface area contributed by atoms with Gasteiger partial charge in [-0.2, -0.15) is 0 Å². The highest BCUT2D eigenvalue weighted by Gasteiger charge is 2.19. The largest absolute Gasteiger partial charge is 0.480 e. The lowest BCUT2D eigenvalue weighted by molar-refractivity contribution is -0.0177. The number of hydrogen-bond acceptors (Lipinski definition) is 6. The van der Waals surface area contributed by atoms with Gasteiger partial charge in [0.05, 0.1) is 19.4 Å². The molecule has 1 aromatic rings. The second-order valence-corrected chi connectivity index (χ2v) is 2.70. The van der Waals surface area contributed by atoms with E-state index in [1.165, 1.54) is 19.2 Å². The van der Waals surface area contributed by atoms with Gasteiger partial charge in [-0.05, 0) is 6.07 Å². The van der Waals surface area contributed by atoms with Crippen LogP contribution in [0.2, 0.25) is 0 Å². The van der Waals surface area contributed by atoms with Crippen LogP contribution in [0.1, 0.15) is 11.8 Å². The number of aliphatic hydroxyl groups excluding tert-OH is 3. The first-order valence-corrected chi connectivity index (χ1v) is 4.03. The van der Waals surface area contributed by atoms with Crippen LogP contribution >= 0.6 is 0 Å². The normalized spacial score (nSPS) is 14.9. The third-order valence-electron chi connectivity index (χ3n) is 1.72. The van der Waals surface area contributed by atoms with Crippen LogP contribution in [0.4, 0.5) is 0 Å². The topological polar surface area (TPSA) is 95.7 Å². The predicted octanol–water partition coefficient (Wildman–Crippen LogP) is -1.13. The van der Waals surface area contributed by atoms with Crippen LogP contribution in [0, 0.1) is 0 Å². The molecule has 0 fully saturated rings. The summed E-state index contributed by atoms with van der Waals surface area (Å²) in [7, 11) is 1.45. The summed E-state index contributed by atoms with van der Waals surface area (Å²) in [4.78, 5) is 0. The van der Waals surface area contributed by atoms with Gasteiger partial charge < -0.3 is 20.1 Å². The lowest BCUT2D eigenvalue weighted by Crippen LogP contribution is -2.23. The summed E-state index contributed by atoms with van der Waals surface area (Å²) in [5.74, 6) is 0.319. The Hall–Kier alpha value is -1.24. The highest BCUT2D eigenvalue weighted by atomic mass is 16.5. The summed E-state index contributed by atoms with van der Waals surface area (Å²) in [5, 5.41) is 34.3. The molecule has 1 rings (SSSR count). The van der Waals surface area contributed by atoms with Crippen molar-refractivity contribution in [3.63, 3.8) is 0 Å². The van der Waals surface area contributed by atoms with E-state index in [0.29, 0.717) is 5.88 Å². The van der Waals surface area contributed by atoms with E-state index in [2.05, 4.69) is 10.2 Å². The van der Waals surface area contributed by atoms with E-state index in [9.17, 15) is 5.11 Å². The van der Waals surface area contributed by atoms with Crippen molar-refractivity contribution < 1.29 is 20.1 Å². The Morgan fingerprint density at radius 3 is 2.50 bits per heavy atom. The summed E-state index contributed by atoms with van der Waals surface area (Å²) in [6.45, 7) is -0.533. The quantitative estimate of drug-likeness (QED) is 0.569. The summed E-state index contributed by atoms with van der Waals surface area (Å²) >= 11 is 0. The maximum atomic E-state index is 9.40. The first kappa shape index (κ1) is 10.8. The standard InChI is InChI=1S/C8H12N2O4/c1-14-7-3-2-5(9-10-7)8(13)6(12)4-11/h2-3,6,8,11-13H,4H2,1H3. The Labute approximate surface area is 80.8 Å². The Morgan fingerprint density at radius 2 is 2.07 bits per heavy atom. The van der Waals surface area contributed by atoms with E-state index in [0.717, 1.165) is 0 Å². The van der Waals surface area contributed by atoms with Crippen LogP contribution in [0.5, 0.6) is 5.88 Å². The molecule has 2 unspecified atom stereocenters. The van der Waals surface area contributed by atoms with Crippen LogP contribution in [-0.4, -0.2) is 45.3 Å². The minimum Gasteiger partial charge on any atom is -0.480 e. The summed E-state index contributed by atoms with van der Waals surface area (Å²) in [5.41, 5.74) is 0.187. The van der Waals surface area contributed by atoms with Crippen molar-refractivity contribution in [2.24, 2.45) is 0 Å². The molecule has 2 atom stereocenters. The molecule has 0 amide bonds. The number of aliphatic hydroxyl groups is 3. The molecule has 1 aromatic heterocycles. The third-order valence-corrected chi connectivity index (χ3v) is 1.72. The molecular formula is C8H12N2O4. The molecule has 14 heavy (non-hydrogen) atoms. The number of aromatic nitrogens is 2. The molecule has 6 nitrogen and oxygen atoms in total. The predicted molar refractivity (Wildman–Crippen MR) is 46.6 cm³/mol. The van der Waals surface area contributed by atoms with E-state index < -0.39 is 18.8 Å². The van der Waals surface area contributed by atoms with Gasteiger partial charge in [-0.25, -0.2) is 0 Å². The van der Waals surface area contributed by atoms with Gasteiger partial charge in [0.15, 0.2) is 0 Å². The molecule has 0 aliphatic rings. The van der Waals surface area contributed by atoms with E-state index in [-0.39, 0.29) is 5.69 Å². The van der Waals surface area contributed by atoms with Gasteiger partial charge in [0.1, 0.15) is 12.2 Å². The zero-order valence-corrected chi connectivity index (χ0v) is 7.66. The van der Waals surface area contributed by atoms with Crippen molar-refractivity contribution in [3.05, 3.63) is 17.8 Å². The molecule has 0 radical (unpaired) electrons. The summed E-state index contributed by atoms with van der Waals surface area (Å²) < 4.78 is 4.77. The van der Waals surface area contributed by atoms with Crippen molar-refractivity contribution >= 4 is 0 Å².